The summed E-state index contributed by atoms with van der Waals surface area (Å²) >= 11 is 0. The molecule has 0 saturated carbocycles. The number of hydrogen-bond donors (Lipinski definition) is 4. The molecule has 0 aromatic carbocycles. The highest BCUT2D eigenvalue weighted by Crippen LogP contribution is 2.14. The molecule has 0 aliphatic carbocycles. The van der Waals surface area contributed by atoms with Crippen molar-refractivity contribution in [2.75, 3.05) is 24.3 Å². The molecule has 0 fully saturated rings. The van der Waals surface area contributed by atoms with E-state index < -0.39 is 5.54 Å². The summed E-state index contributed by atoms with van der Waals surface area (Å²) in [6.45, 7) is 3.22. The first-order valence-corrected chi connectivity index (χ1v) is 5.16. The third kappa shape index (κ3) is 3.04. The minimum atomic E-state index is -0.814. The van der Waals surface area contributed by atoms with Gasteiger partial charge in [0.05, 0.1) is 18.8 Å². The maximum absolute atomic E-state index is 9.15. The normalized spacial score (nSPS) is 11.5. The highest BCUT2D eigenvalue weighted by Gasteiger charge is 2.22. The number of hydrogen-bond acceptors (Lipinski definition) is 6. The van der Waals surface area contributed by atoms with Crippen LogP contribution in [0.5, 0.6) is 0 Å². The molecule has 0 amide bonds. The van der Waals surface area contributed by atoms with E-state index in [0.717, 1.165) is 0 Å². The Kier molecular flexibility index (Phi) is 4.03. The van der Waals surface area contributed by atoms with Crippen molar-refractivity contribution < 1.29 is 10.2 Å². The molecule has 5 N–H and O–H groups in total. The molecule has 1 aromatic rings. The van der Waals surface area contributed by atoms with E-state index in [4.69, 9.17) is 15.9 Å². The van der Waals surface area contributed by atoms with E-state index in [9.17, 15) is 0 Å². The molecule has 1 aromatic heterocycles. The van der Waals surface area contributed by atoms with Gasteiger partial charge < -0.3 is 21.3 Å². The maximum Gasteiger partial charge on any atom is 0.132 e. The fourth-order valence-electron chi connectivity index (χ4n) is 1.18. The van der Waals surface area contributed by atoms with Gasteiger partial charge in [-0.1, -0.05) is 6.92 Å². The van der Waals surface area contributed by atoms with E-state index in [1.165, 1.54) is 0 Å². The smallest absolute Gasteiger partial charge is 0.132 e. The van der Waals surface area contributed by atoms with Gasteiger partial charge in [-0.25, -0.2) is 9.97 Å². The van der Waals surface area contributed by atoms with E-state index in [0.29, 0.717) is 23.9 Å². The van der Waals surface area contributed by atoms with Gasteiger partial charge in [-0.05, 0) is 6.92 Å². The molecule has 0 aliphatic rings. The lowest BCUT2D eigenvalue weighted by Gasteiger charge is -2.26. The van der Waals surface area contributed by atoms with Crippen LogP contribution in [0.3, 0.4) is 0 Å². The minimum absolute atomic E-state index is 0.200. The van der Waals surface area contributed by atoms with Crippen molar-refractivity contribution in [3.05, 3.63) is 11.9 Å². The van der Waals surface area contributed by atoms with E-state index in [1.807, 2.05) is 6.92 Å². The molecule has 0 saturated heterocycles. The molecule has 6 nitrogen and oxygen atoms in total. The molecule has 16 heavy (non-hydrogen) atoms. The molecule has 0 spiro atoms. The number of nitrogen functional groups attached to an aromatic ring is 1. The van der Waals surface area contributed by atoms with Crippen LogP contribution in [-0.4, -0.2) is 38.9 Å². The first kappa shape index (κ1) is 12.7. The molecule has 1 heterocycles. The molecule has 0 aliphatic heterocycles. The summed E-state index contributed by atoms with van der Waals surface area (Å²) in [5.74, 6) is 1.50. The first-order chi connectivity index (χ1) is 7.53. The average Bonchev–Trinajstić information content (AvgIpc) is 2.28. The number of anilines is 2. The van der Waals surface area contributed by atoms with Crippen molar-refractivity contribution in [1.29, 1.82) is 0 Å². The lowest BCUT2D eigenvalue weighted by atomic mass is 10.1. The second kappa shape index (κ2) is 5.09. The molecule has 0 atom stereocenters. The Morgan fingerprint density at radius 2 is 2.00 bits per heavy atom. The van der Waals surface area contributed by atoms with Crippen LogP contribution in [-0.2, 0) is 6.42 Å². The Labute approximate surface area is 94.5 Å². The topological polar surface area (TPSA) is 104 Å². The van der Waals surface area contributed by atoms with Crippen molar-refractivity contribution in [3.8, 4) is 0 Å². The molecule has 0 unspecified atom stereocenters. The summed E-state index contributed by atoms with van der Waals surface area (Å²) in [5.41, 5.74) is 4.81. The zero-order valence-corrected chi connectivity index (χ0v) is 9.56. The summed E-state index contributed by atoms with van der Waals surface area (Å²) in [7, 11) is 0. The Balaban J connectivity index is 2.92. The van der Waals surface area contributed by atoms with Crippen LogP contribution in [0.2, 0.25) is 0 Å². The Hall–Kier alpha value is -1.40. The molecule has 0 radical (unpaired) electrons. The maximum atomic E-state index is 9.15. The standard InChI is InChI=1S/C10H18N4O2/c1-3-8-12-7(11)4-9(13-8)14-10(2,5-15)6-16/h4,15-16H,3,5-6H2,1-2H3,(H3,11,12,13,14). The lowest BCUT2D eigenvalue weighted by molar-refractivity contribution is 0.147. The highest BCUT2D eigenvalue weighted by atomic mass is 16.3. The molecule has 90 valence electrons. The van der Waals surface area contributed by atoms with Crippen LogP contribution in [0.1, 0.15) is 19.7 Å². The van der Waals surface area contributed by atoms with Gasteiger partial charge in [0.2, 0.25) is 0 Å². The first-order valence-electron chi connectivity index (χ1n) is 5.16. The summed E-state index contributed by atoms with van der Waals surface area (Å²) in [5, 5.41) is 21.2. The molecule has 0 bridgehead atoms. The van der Waals surface area contributed by atoms with Gasteiger partial charge in [-0.15, -0.1) is 0 Å². The van der Waals surface area contributed by atoms with E-state index in [2.05, 4.69) is 15.3 Å². The molecule has 1 rings (SSSR count). The second-order valence-electron chi connectivity index (χ2n) is 3.95. The number of nitrogens with one attached hydrogen (secondary N) is 1. The van der Waals surface area contributed by atoms with E-state index in [-0.39, 0.29) is 13.2 Å². The van der Waals surface area contributed by atoms with Crippen molar-refractivity contribution in [3.63, 3.8) is 0 Å². The van der Waals surface area contributed by atoms with Crippen LogP contribution in [0.15, 0.2) is 6.07 Å². The highest BCUT2D eigenvalue weighted by molar-refractivity contribution is 5.46. The van der Waals surface area contributed by atoms with Gasteiger partial charge in [0.1, 0.15) is 17.5 Å². The van der Waals surface area contributed by atoms with Gasteiger partial charge in [0.15, 0.2) is 0 Å². The number of rotatable bonds is 5. The molecular formula is C10H18N4O2. The number of aliphatic hydroxyl groups excluding tert-OH is 2. The summed E-state index contributed by atoms with van der Waals surface area (Å²) in [6, 6.07) is 1.57. The van der Waals surface area contributed by atoms with Crippen LogP contribution >= 0.6 is 0 Å². The zero-order chi connectivity index (χ0) is 12.2. The number of aliphatic hydroxyl groups is 2. The number of nitrogens with zero attached hydrogens (tertiary/aromatic N) is 2. The van der Waals surface area contributed by atoms with Gasteiger partial charge in [0, 0.05) is 12.5 Å². The largest absolute Gasteiger partial charge is 0.394 e. The van der Waals surface area contributed by atoms with Gasteiger partial charge in [0.25, 0.3) is 0 Å². The van der Waals surface area contributed by atoms with Crippen LogP contribution < -0.4 is 11.1 Å². The van der Waals surface area contributed by atoms with Gasteiger partial charge in [-0.3, -0.25) is 0 Å². The predicted octanol–water partition coefficient (Wildman–Crippen LogP) is -0.224. The number of nitrogens with two attached hydrogens (primary N) is 1. The predicted molar refractivity (Wildman–Crippen MR) is 62.0 cm³/mol. The van der Waals surface area contributed by atoms with Gasteiger partial charge >= 0.3 is 0 Å². The molecular weight excluding hydrogens is 208 g/mol. The SMILES string of the molecule is CCc1nc(N)cc(NC(C)(CO)CO)n1. The number of aryl methyl sites for hydroxylation is 1. The third-order valence-corrected chi connectivity index (χ3v) is 2.24. The van der Waals surface area contributed by atoms with Crippen molar-refractivity contribution in [1.82, 2.24) is 9.97 Å². The van der Waals surface area contributed by atoms with Crippen molar-refractivity contribution in [2.45, 2.75) is 25.8 Å². The second-order valence-corrected chi connectivity index (χ2v) is 3.95. The average molecular weight is 226 g/mol. The fraction of sp³-hybridized carbons (Fsp3) is 0.600. The van der Waals surface area contributed by atoms with Crippen molar-refractivity contribution in [2.24, 2.45) is 0 Å². The Morgan fingerprint density at radius 1 is 1.38 bits per heavy atom. The quantitative estimate of drug-likeness (QED) is 0.553. The van der Waals surface area contributed by atoms with Crippen molar-refractivity contribution >= 4 is 11.6 Å². The third-order valence-electron chi connectivity index (χ3n) is 2.24. The molecule has 6 heteroatoms. The Bertz CT molecular complexity index is 353. The number of aromatic nitrogens is 2. The van der Waals surface area contributed by atoms with E-state index >= 15 is 0 Å². The summed E-state index contributed by atoms with van der Waals surface area (Å²) < 4.78 is 0. The Morgan fingerprint density at radius 3 is 2.50 bits per heavy atom. The van der Waals surface area contributed by atoms with Crippen LogP contribution in [0.4, 0.5) is 11.6 Å². The fourth-order valence-corrected chi connectivity index (χ4v) is 1.18. The zero-order valence-electron chi connectivity index (χ0n) is 9.56. The van der Waals surface area contributed by atoms with Crippen LogP contribution in [0, 0.1) is 0 Å². The van der Waals surface area contributed by atoms with E-state index in [1.54, 1.807) is 13.0 Å². The summed E-state index contributed by atoms with van der Waals surface area (Å²) in [4.78, 5) is 8.24. The van der Waals surface area contributed by atoms with Gasteiger partial charge in [-0.2, -0.15) is 0 Å². The summed E-state index contributed by atoms with van der Waals surface area (Å²) in [6.07, 6.45) is 0.675. The minimum Gasteiger partial charge on any atom is -0.394 e. The van der Waals surface area contributed by atoms with Crippen LogP contribution in [0.25, 0.3) is 0 Å². The monoisotopic (exact) mass is 226 g/mol. The lowest BCUT2D eigenvalue weighted by Crippen LogP contribution is -2.42.